The first-order chi connectivity index (χ1) is 11.5. The summed E-state index contributed by atoms with van der Waals surface area (Å²) in [6.07, 6.45) is 2.78. The molecule has 0 atom stereocenters. The van der Waals surface area contributed by atoms with Crippen LogP contribution in [0.15, 0.2) is 29.2 Å². The van der Waals surface area contributed by atoms with Gasteiger partial charge in [-0.3, -0.25) is 9.59 Å². The normalized spacial score (nSPS) is 19.5. The molecule has 0 spiro atoms. The molecule has 0 N–H and O–H groups in total. The second-order valence-corrected chi connectivity index (χ2v) is 8.01. The maximum Gasteiger partial charge on any atom is 0.253 e. The van der Waals surface area contributed by atoms with Crippen molar-refractivity contribution >= 4 is 22.3 Å². The Morgan fingerprint density at radius 1 is 0.917 bits per heavy atom. The van der Waals surface area contributed by atoms with Crippen LogP contribution in [0.2, 0.25) is 0 Å². The van der Waals surface area contributed by atoms with Gasteiger partial charge in [-0.1, -0.05) is 0 Å². The summed E-state index contributed by atoms with van der Waals surface area (Å²) >= 11 is 0. The van der Waals surface area contributed by atoms with Gasteiger partial charge in [0.1, 0.15) is 0 Å². The van der Waals surface area contributed by atoms with Gasteiger partial charge in [0, 0.05) is 44.8 Å². The van der Waals surface area contributed by atoms with Crippen molar-refractivity contribution < 1.29 is 18.0 Å². The van der Waals surface area contributed by atoms with Gasteiger partial charge in [-0.05, 0) is 37.1 Å². The number of benzene rings is 1. The molecule has 24 heavy (non-hydrogen) atoms. The summed E-state index contributed by atoms with van der Waals surface area (Å²) in [5.74, 6) is -0.0453. The molecule has 2 heterocycles. The maximum absolute atomic E-state index is 12.6. The van der Waals surface area contributed by atoms with E-state index in [1.165, 1.54) is 16.4 Å². The molecule has 130 valence electrons. The Hall–Kier alpha value is -1.93. The highest BCUT2D eigenvalue weighted by Gasteiger charge is 2.28. The zero-order valence-corrected chi connectivity index (χ0v) is 14.2. The van der Waals surface area contributed by atoms with Crippen molar-refractivity contribution in [1.82, 2.24) is 14.1 Å². The SMILES string of the molecule is O=CN1CCN(S(=O)(=O)c2ccc(C(=O)N3CCCC3)cc2)CC1. The topological polar surface area (TPSA) is 78.0 Å². The molecule has 1 aromatic carbocycles. The molecular weight excluding hydrogens is 330 g/mol. The first-order valence-electron chi connectivity index (χ1n) is 8.11. The molecule has 2 saturated heterocycles. The molecule has 3 rings (SSSR count). The summed E-state index contributed by atoms with van der Waals surface area (Å²) in [6, 6.07) is 6.14. The fourth-order valence-electron chi connectivity index (χ4n) is 3.07. The highest BCUT2D eigenvalue weighted by molar-refractivity contribution is 7.89. The van der Waals surface area contributed by atoms with Crippen LogP contribution in [-0.2, 0) is 14.8 Å². The van der Waals surface area contributed by atoms with E-state index in [0.29, 0.717) is 18.7 Å². The molecule has 2 aliphatic heterocycles. The van der Waals surface area contributed by atoms with Crippen LogP contribution in [0, 0.1) is 0 Å². The predicted molar refractivity (Wildman–Crippen MR) is 88.0 cm³/mol. The Kier molecular flexibility index (Phi) is 4.86. The van der Waals surface area contributed by atoms with E-state index < -0.39 is 10.0 Å². The van der Waals surface area contributed by atoms with E-state index >= 15 is 0 Å². The molecule has 0 radical (unpaired) electrons. The van der Waals surface area contributed by atoms with Gasteiger partial charge in [-0.25, -0.2) is 8.42 Å². The van der Waals surface area contributed by atoms with E-state index in [4.69, 9.17) is 0 Å². The van der Waals surface area contributed by atoms with Crippen molar-refractivity contribution in [3.63, 3.8) is 0 Å². The standard InChI is InChI=1S/C16H21N3O4S/c20-13-17-9-11-19(12-10-17)24(22,23)15-5-3-14(4-6-15)16(21)18-7-1-2-8-18/h3-6,13H,1-2,7-12H2. The van der Waals surface area contributed by atoms with Gasteiger partial charge in [-0.15, -0.1) is 0 Å². The minimum absolute atomic E-state index is 0.0453. The molecule has 0 aliphatic carbocycles. The number of carbonyl (C=O) groups is 2. The smallest absolute Gasteiger partial charge is 0.253 e. The van der Waals surface area contributed by atoms with Crippen LogP contribution in [0.4, 0.5) is 0 Å². The minimum Gasteiger partial charge on any atom is -0.343 e. The first kappa shape index (κ1) is 16.9. The summed E-state index contributed by atoms with van der Waals surface area (Å²) in [7, 11) is -3.59. The van der Waals surface area contributed by atoms with Crippen molar-refractivity contribution in [1.29, 1.82) is 0 Å². The number of amides is 2. The van der Waals surface area contributed by atoms with E-state index in [1.54, 1.807) is 21.9 Å². The second-order valence-electron chi connectivity index (χ2n) is 6.07. The number of piperazine rings is 1. The van der Waals surface area contributed by atoms with Crippen molar-refractivity contribution in [2.45, 2.75) is 17.7 Å². The zero-order chi connectivity index (χ0) is 17.2. The minimum atomic E-state index is -3.59. The van der Waals surface area contributed by atoms with E-state index in [1.807, 2.05) is 0 Å². The Morgan fingerprint density at radius 3 is 2.04 bits per heavy atom. The summed E-state index contributed by atoms with van der Waals surface area (Å²) in [6.45, 7) is 2.90. The highest BCUT2D eigenvalue weighted by Crippen LogP contribution is 2.19. The second kappa shape index (κ2) is 6.90. The van der Waals surface area contributed by atoms with Gasteiger partial charge >= 0.3 is 0 Å². The zero-order valence-electron chi connectivity index (χ0n) is 13.4. The number of rotatable bonds is 4. The molecule has 0 aromatic heterocycles. The molecular formula is C16H21N3O4S. The summed E-state index contributed by atoms with van der Waals surface area (Å²) in [5, 5.41) is 0. The fraction of sp³-hybridized carbons (Fsp3) is 0.500. The lowest BCUT2D eigenvalue weighted by molar-refractivity contribution is -0.119. The average Bonchev–Trinajstić information content (AvgIpc) is 3.16. The van der Waals surface area contributed by atoms with Gasteiger partial charge in [0.15, 0.2) is 0 Å². The van der Waals surface area contributed by atoms with Gasteiger partial charge in [0.2, 0.25) is 16.4 Å². The van der Waals surface area contributed by atoms with Gasteiger partial charge in [0.05, 0.1) is 4.90 Å². The monoisotopic (exact) mass is 351 g/mol. The molecule has 2 fully saturated rings. The number of carbonyl (C=O) groups excluding carboxylic acids is 2. The third-order valence-corrected chi connectivity index (χ3v) is 6.47. The summed E-state index contributed by atoms with van der Waals surface area (Å²) in [4.78, 5) is 26.6. The predicted octanol–water partition coefficient (Wildman–Crippen LogP) is 0.385. The van der Waals surface area contributed by atoms with E-state index in [2.05, 4.69) is 0 Å². The highest BCUT2D eigenvalue weighted by atomic mass is 32.2. The third-order valence-electron chi connectivity index (χ3n) is 4.55. The average molecular weight is 351 g/mol. The quantitative estimate of drug-likeness (QED) is 0.735. The Morgan fingerprint density at radius 2 is 1.50 bits per heavy atom. The van der Waals surface area contributed by atoms with Gasteiger partial charge < -0.3 is 9.80 Å². The number of hydrogen-bond acceptors (Lipinski definition) is 4. The molecule has 0 bridgehead atoms. The summed E-state index contributed by atoms with van der Waals surface area (Å²) < 4.78 is 26.7. The Balaban J connectivity index is 1.72. The largest absolute Gasteiger partial charge is 0.343 e. The lowest BCUT2D eigenvalue weighted by Gasteiger charge is -2.31. The van der Waals surface area contributed by atoms with Crippen LogP contribution in [0.1, 0.15) is 23.2 Å². The number of nitrogens with zero attached hydrogens (tertiary/aromatic N) is 3. The lowest BCUT2D eigenvalue weighted by atomic mass is 10.2. The first-order valence-corrected chi connectivity index (χ1v) is 9.55. The van der Waals surface area contributed by atoms with Gasteiger partial charge in [0.25, 0.3) is 5.91 Å². The molecule has 1 aromatic rings. The lowest BCUT2D eigenvalue weighted by Crippen LogP contribution is -2.47. The van der Waals surface area contributed by atoms with Crippen LogP contribution in [0.3, 0.4) is 0 Å². The molecule has 0 saturated carbocycles. The van der Waals surface area contributed by atoms with Crippen LogP contribution in [0.5, 0.6) is 0 Å². The molecule has 7 nitrogen and oxygen atoms in total. The number of sulfonamides is 1. The Bertz CT molecular complexity index is 703. The maximum atomic E-state index is 12.6. The van der Waals surface area contributed by atoms with E-state index in [0.717, 1.165) is 32.3 Å². The summed E-state index contributed by atoms with van der Waals surface area (Å²) in [5.41, 5.74) is 0.515. The van der Waals surface area contributed by atoms with Crippen LogP contribution in [0.25, 0.3) is 0 Å². The van der Waals surface area contributed by atoms with E-state index in [9.17, 15) is 18.0 Å². The van der Waals surface area contributed by atoms with Crippen LogP contribution < -0.4 is 0 Å². The fourth-order valence-corrected chi connectivity index (χ4v) is 4.49. The molecule has 8 heteroatoms. The van der Waals surface area contributed by atoms with Crippen molar-refractivity contribution in [2.24, 2.45) is 0 Å². The third kappa shape index (κ3) is 3.29. The number of hydrogen-bond donors (Lipinski definition) is 0. The van der Waals surface area contributed by atoms with Crippen LogP contribution >= 0.6 is 0 Å². The van der Waals surface area contributed by atoms with E-state index in [-0.39, 0.29) is 23.9 Å². The van der Waals surface area contributed by atoms with Crippen molar-refractivity contribution in [3.05, 3.63) is 29.8 Å². The number of likely N-dealkylation sites (tertiary alicyclic amines) is 1. The molecule has 2 amide bonds. The molecule has 0 unspecified atom stereocenters. The van der Waals surface area contributed by atoms with Crippen LogP contribution in [-0.4, -0.2) is 74.1 Å². The van der Waals surface area contributed by atoms with Gasteiger partial charge in [-0.2, -0.15) is 4.31 Å². The Labute approximate surface area is 141 Å². The molecule has 2 aliphatic rings. The van der Waals surface area contributed by atoms with Crippen molar-refractivity contribution in [2.75, 3.05) is 39.3 Å². The van der Waals surface area contributed by atoms with Crippen molar-refractivity contribution in [3.8, 4) is 0 Å².